The molecule has 0 heterocycles. The maximum absolute atomic E-state index is 11.1. The summed E-state index contributed by atoms with van der Waals surface area (Å²) < 4.78 is 0. The highest BCUT2D eigenvalue weighted by Crippen LogP contribution is 2.32. The molecule has 3 rings (SSSR count). The lowest BCUT2D eigenvalue weighted by Gasteiger charge is -2.18. The molecule has 0 spiro atoms. The third-order valence-corrected chi connectivity index (χ3v) is 4.19. The van der Waals surface area contributed by atoms with E-state index in [0.29, 0.717) is 17.0 Å². The van der Waals surface area contributed by atoms with E-state index >= 15 is 0 Å². The SMILES string of the molecule is O=[N+]([O-])c1ccc(Cl)cc1CN[C@@H]1c2ccccc2C[C@@H]1O. The summed E-state index contributed by atoms with van der Waals surface area (Å²) in [5.74, 6) is 0. The highest BCUT2D eigenvalue weighted by Gasteiger charge is 2.30. The molecule has 2 atom stereocenters. The number of aliphatic hydroxyl groups is 1. The van der Waals surface area contributed by atoms with Crippen molar-refractivity contribution in [2.24, 2.45) is 0 Å². The fourth-order valence-corrected chi connectivity index (χ4v) is 3.11. The zero-order valence-corrected chi connectivity index (χ0v) is 12.5. The van der Waals surface area contributed by atoms with Crippen molar-refractivity contribution in [3.05, 3.63) is 74.3 Å². The highest BCUT2D eigenvalue weighted by molar-refractivity contribution is 6.30. The number of nitro benzene ring substituents is 1. The minimum absolute atomic E-state index is 0.0256. The molecule has 5 nitrogen and oxygen atoms in total. The van der Waals surface area contributed by atoms with Crippen LogP contribution in [-0.4, -0.2) is 16.1 Å². The Kier molecular flexibility index (Phi) is 4.11. The summed E-state index contributed by atoms with van der Waals surface area (Å²) in [6.45, 7) is 0.271. The first-order valence-corrected chi connectivity index (χ1v) is 7.36. The number of hydrogen-bond donors (Lipinski definition) is 2. The number of nitro groups is 1. The molecule has 1 aliphatic carbocycles. The zero-order chi connectivity index (χ0) is 15.7. The first kappa shape index (κ1) is 15.0. The van der Waals surface area contributed by atoms with Gasteiger partial charge in [0, 0.05) is 29.6 Å². The van der Waals surface area contributed by atoms with Crippen molar-refractivity contribution < 1.29 is 10.0 Å². The van der Waals surface area contributed by atoms with Gasteiger partial charge in [-0.15, -0.1) is 0 Å². The number of nitrogens with one attached hydrogen (secondary N) is 1. The Balaban J connectivity index is 1.81. The third-order valence-electron chi connectivity index (χ3n) is 3.95. The molecule has 0 bridgehead atoms. The molecule has 0 aromatic heterocycles. The van der Waals surface area contributed by atoms with Crippen LogP contribution in [0.4, 0.5) is 5.69 Å². The number of rotatable bonds is 4. The zero-order valence-electron chi connectivity index (χ0n) is 11.7. The van der Waals surface area contributed by atoms with Crippen molar-refractivity contribution in [2.75, 3.05) is 0 Å². The van der Waals surface area contributed by atoms with Crippen LogP contribution in [0, 0.1) is 10.1 Å². The molecule has 2 N–H and O–H groups in total. The molecule has 0 saturated heterocycles. The molecular weight excluding hydrogens is 304 g/mol. The summed E-state index contributed by atoms with van der Waals surface area (Å²) >= 11 is 5.93. The predicted molar refractivity (Wildman–Crippen MR) is 83.8 cm³/mol. The van der Waals surface area contributed by atoms with Crippen LogP contribution in [0.25, 0.3) is 0 Å². The lowest BCUT2D eigenvalue weighted by molar-refractivity contribution is -0.385. The number of fused-ring (bicyclic) bond motifs is 1. The summed E-state index contributed by atoms with van der Waals surface area (Å²) in [4.78, 5) is 10.7. The van der Waals surface area contributed by atoms with Crippen LogP contribution in [0.1, 0.15) is 22.7 Å². The Morgan fingerprint density at radius 2 is 2.09 bits per heavy atom. The molecule has 0 unspecified atom stereocenters. The summed E-state index contributed by atoms with van der Waals surface area (Å²) in [6, 6.07) is 12.1. The number of hydrogen-bond acceptors (Lipinski definition) is 4. The van der Waals surface area contributed by atoms with Gasteiger partial charge in [-0.1, -0.05) is 35.9 Å². The van der Waals surface area contributed by atoms with E-state index in [2.05, 4.69) is 5.32 Å². The number of benzene rings is 2. The second-order valence-electron chi connectivity index (χ2n) is 5.36. The first-order chi connectivity index (χ1) is 10.6. The molecule has 2 aromatic rings. The number of halogens is 1. The quantitative estimate of drug-likeness (QED) is 0.671. The Bertz CT molecular complexity index is 720. The predicted octanol–water partition coefficient (Wildman–Crippen LogP) is 3.00. The van der Waals surface area contributed by atoms with Gasteiger partial charge in [0.05, 0.1) is 17.1 Å². The van der Waals surface area contributed by atoms with Crippen LogP contribution in [-0.2, 0) is 13.0 Å². The van der Waals surface area contributed by atoms with Crippen molar-refractivity contribution in [1.29, 1.82) is 0 Å². The van der Waals surface area contributed by atoms with Gasteiger partial charge >= 0.3 is 0 Å². The van der Waals surface area contributed by atoms with Crippen LogP contribution in [0.5, 0.6) is 0 Å². The normalized spacial score (nSPS) is 19.9. The third kappa shape index (κ3) is 2.83. The molecule has 1 aliphatic rings. The molecule has 2 aromatic carbocycles. The smallest absolute Gasteiger partial charge is 0.273 e. The van der Waals surface area contributed by atoms with Crippen molar-refractivity contribution in [2.45, 2.75) is 25.1 Å². The molecule has 0 amide bonds. The lowest BCUT2D eigenvalue weighted by atomic mass is 10.1. The molecule has 22 heavy (non-hydrogen) atoms. The fourth-order valence-electron chi connectivity index (χ4n) is 2.91. The Hall–Kier alpha value is -1.95. The van der Waals surface area contributed by atoms with E-state index in [1.54, 1.807) is 6.07 Å². The van der Waals surface area contributed by atoms with Gasteiger partial charge in [-0.3, -0.25) is 10.1 Å². The summed E-state index contributed by atoms with van der Waals surface area (Å²) in [7, 11) is 0. The second-order valence-corrected chi connectivity index (χ2v) is 5.80. The van der Waals surface area contributed by atoms with Gasteiger partial charge in [-0.05, 0) is 23.3 Å². The van der Waals surface area contributed by atoms with Crippen LogP contribution in [0.15, 0.2) is 42.5 Å². The van der Waals surface area contributed by atoms with Crippen LogP contribution in [0.3, 0.4) is 0 Å². The topological polar surface area (TPSA) is 75.4 Å². The van der Waals surface area contributed by atoms with Crippen molar-refractivity contribution in [3.63, 3.8) is 0 Å². The average Bonchev–Trinajstić information content (AvgIpc) is 2.80. The van der Waals surface area contributed by atoms with Gasteiger partial charge in [0.1, 0.15) is 0 Å². The highest BCUT2D eigenvalue weighted by atomic mass is 35.5. The van der Waals surface area contributed by atoms with E-state index in [0.717, 1.165) is 11.1 Å². The molecule has 6 heteroatoms. The Morgan fingerprint density at radius 3 is 2.86 bits per heavy atom. The fraction of sp³-hybridized carbons (Fsp3) is 0.250. The Morgan fingerprint density at radius 1 is 1.32 bits per heavy atom. The van der Waals surface area contributed by atoms with Crippen molar-refractivity contribution in [3.8, 4) is 0 Å². The van der Waals surface area contributed by atoms with Gasteiger partial charge < -0.3 is 10.4 Å². The van der Waals surface area contributed by atoms with E-state index in [1.807, 2.05) is 24.3 Å². The van der Waals surface area contributed by atoms with Crippen molar-refractivity contribution >= 4 is 17.3 Å². The van der Waals surface area contributed by atoms with Gasteiger partial charge in [0.15, 0.2) is 0 Å². The maximum atomic E-state index is 11.1. The molecule has 0 fully saturated rings. The monoisotopic (exact) mass is 318 g/mol. The molecule has 0 aliphatic heterocycles. The largest absolute Gasteiger partial charge is 0.391 e. The minimum Gasteiger partial charge on any atom is -0.391 e. The van der Waals surface area contributed by atoms with Gasteiger partial charge in [0.2, 0.25) is 0 Å². The van der Waals surface area contributed by atoms with Crippen LogP contribution >= 0.6 is 11.6 Å². The van der Waals surface area contributed by atoms with Gasteiger partial charge in [-0.25, -0.2) is 0 Å². The van der Waals surface area contributed by atoms with Gasteiger partial charge in [-0.2, -0.15) is 0 Å². The van der Waals surface area contributed by atoms with E-state index < -0.39 is 11.0 Å². The number of aliphatic hydroxyl groups excluding tert-OH is 1. The molecule has 114 valence electrons. The molecular formula is C16H15ClN2O3. The van der Waals surface area contributed by atoms with Crippen molar-refractivity contribution in [1.82, 2.24) is 5.32 Å². The van der Waals surface area contributed by atoms with E-state index in [1.165, 1.54) is 12.1 Å². The first-order valence-electron chi connectivity index (χ1n) is 6.98. The van der Waals surface area contributed by atoms with E-state index in [9.17, 15) is 15.2 Å². The van der Waals surface area contributed by atoms with Crippen LogP contribution in [0.2, 0.25) is 5.02 Å². The van der Waals surface area contributed by atoms with Crippen LogP contribution < -0.4 is 5.32 Å². The number of nitrogens with zero attached hydrogens (tertiary/aromatic N) is 1. The molecule has 0 radical (unpaired) electrons. The van der Waals surface area contributed by atoms with E-state index in [-0.39, 0.29) is 18.3 Å². The summed E-state index contributed by atoms with van der Waals surface area (Å²) in [5.41, 5.74) is 2.68. The lowest BCUT2D eigenvalue weighted by Crippen LogP contribution is -2.28. The standard InChI is InChI=1S/C16H15ClN2O3/c17-12-5-6-14(19(21)22)11(7-12)9-18-16-13-4-2-1-3-10(13)8-15(16)20/h1-7,15-16,18,20H,8-9H2/t15-,16+/m0/s1. The summed E-state index contributed by atoms with van der Waals surface area (Å²) in [5, 5.41) is 24.9. The second kappa shape index (κ2) is 6.04. The van der Waals surface area contributed by atoms with Gasteiger partial charge in [0.25, 0.3) is 5.69 Å². The molecule has 0 saturated carbocycles. The van der Waals surface area contributed by atoms with E-state index in [4.69, 9.17) is 11.6 Å². The summed E-state index contributed by atoms with van der Waals surface area (Å²) in [6.07, 6.45) is 0.0570. The average molecular weight is 319 g/mol. The Labute approximate surface area is 132 Å². The maximum Gasteiger partial charge on any atom is 0.273 e. The minimum atomic E-state index is -0.532.